The third-order valence-electron chi connectivity index (χ3n) is 7.46. The standard InChI is InChI=1S/C31H31N3O4S/c1-3-38-23-12-7-9-20(18-23)28-26-14-8-16-33(26)29-25(24-13-4-5-15-27(24)39-29)19-34(28)31(36)32-22-11-6-10-21(17-22)30(35)37-2/h6-12,14,16-18,28H,3-5,13,15,19H2,1-2H3,(H,32,36). The van der Waals surface area contributed by atoms with Crippen LogP contribution >= 0.6 is 11.3 Å². The predicted octanol–water partition coefficient (Wildman–Crippen LogP) is 6.74. The zero-order valence-electron chi connectivity index (χ0n) is 22.1. The van der Waals surface area contributed by atoms with Crippen molar-refractivity contribution in [2.75, 3.05) is 19.0 Å². The van der Waals surface area contributed by atoms with Gasteiger partial charge in [-0.3, -0.25) is 0 Å². The summed E-state index contributed by atoms with van der Waals surface area (Å²) in [6, 6.07) is 18.4. The van der Waals surface area contributed by atoms with E-state index in [4.69, 9.17) is 9.47 Å². The van der Waals surface area contributed by atoms with Gasteiger partial charge >= 0.3 is 12.0 Å². The summed E-state index contributed by atoms with van der Waals surface area (Å²) >= 11 is 1.86. The third-order valence-corrected chi connectivity index (χ3v) is 8.79. The number of aryl methyl sites for hydroxylation is 1. The molecule has 0 fully saturated rings. The van der Waals surface area contributed by atoms with Crippen molar-refractivity contribution >= 4 is 29.0 Å². The van der Waals surface area contributed by atoms with Gasteiger partial charge in [-0.1, -0.05) is 18.2 Å². The summed E-state index contributed by atoms with van der Waals surface area (Å²) in [5, 5.41) is 4.27. The maximum absolute atomic E-state index is 14.2. The van der Waals surface area contributed by atoms with Gasteiger partial charge in [-0.2, -0.15) is 0 Å². The maximum Gasteiger partial charge on any atom is 0.337 e. The topological polar surface area (TPSA) is 72.8 Å². The first-order valence-corrected chi connectivity index (χ1v) is 14.2. The number of nitrogens with one attached hydrogen (secondary N) is 1. The number of nitrogens with zero attached hydrogens (tertiary/aromatic N) is 2. The highest BCUT2D eigenvalue weighted by Crippen LogP contribution is 2.44. The van der Waals surface area contributed by atoms with Gasteiger partial charge in [0.05, 0.1) is 37.6 Å². The van der Waals surface area contributed by atoms with Crippen molar-refractivity contribution in [3.63, 3.8) is 0 Å². The fraction of sp³-hybridized carbons (Fsp3) is 0.290. The molecule has 1 N–H and O–H groups in total. The van der Waals surface area contributed by atoms with Gasteiger partial charge in [0, 0.05) is 22.3 Å². The highest BCUT2D eigenvalue weighted by molar-refractivity contribution is 7.15. The predicted molar refractivity (Wildman–Crippen MR) is 152 cm³/mol. The van der Waals surface area contributed by atoms with Crippen LogP contribution in [0.5, 0.6) is 5.75 Å². The molecule has 4 aromatic rings. The van der Waals surface area contributed by atoms with Crippen molar-refractivity contribution in [3.8, 4) is 10.8 Å². The number of carbonyl (C=O) groups is 2. The Hall–Kier alpha value is -4.04. The van der Waals surface area contributed by atoms with E-state index in [2.05, 4.69) is 34.3 Å². The monoisotopic (exact) mass is 541 g/mol. The number of methoxy groups -OCH3 is 1. The third kappa shape index (κ3) is 4.69. The number of esters is 1. The fourth-order valence-corrected chi connectivity index (χ4v) is 7.12. The number of fused-ring (bicyclic) bond motifs is 5. The highest BCUT2D eigenvalue weighted by Gasteiger charge is 2.36. The number of hydrogen-bond acceptors (Lipinski definition) is 5. The lowest BCUT2D eigenvalue weighted by atomic mass is 9.95. The van der Waals surface area contributed by atoms with Crippen LogP contribution in [0.15, 0.2) is 66.9 Å². The molecule has 1 aliphatic heterocycles. The van der Waals surface area contributed by atoms with Gasteiger partial charge in [0.1, 0.15) is 10.8 Å². The van der Waals surface area contributed by atoms with E-state index in [0.717, 1.165) is 29.8 Å². The van der Waals surface area contributed by atoms with Gasteiger partial charge in [-0.05, 0) is 86.2 Å². The van der Waals surface area contributed by atoms with Crippen molar-refractivity contribution in [3.05, 3.63) is 99.7 Å². The van der Waals surface area contributed by atoms with Crippen LogP contribution in [-0.2, 0) is 24.1 Å². The lowest BCUT2D eigenvalue weighted by Gasteiger charge is -2.31. The van der Waals surface area contributed by atoms with Crippen molar-refractivity contribution in [1.82, 2.24) is 9.47 Å². The molecule has 1 aliphatic carbocycles. The second-order valence-corrected chi connectivity index (χ2v) is 10.9. The van der Waals surface area contributed by atoms with Crippen molar-refractivity contribution < 1.29 is 19.1 Å². The Kier molecular flexibility index (Phi) is 6.87. The fourth-order valence-electron chi connectivity index (χ4n) is 5.72. The minimum atomic E-state index is -0.446. The van der Waals surface area contributed by atoms with E-state index >= 15 is 0 Å². The largest absolute Gasteiger partial charge is 0.494 e. The lowest BCUT2D eigenvalue weighted by molar-refractivity contribution is 0.0600. The van der Waals surface area contributed by atoms with E-state index in [1.165, 1.54) is 41.0 Å². The van der Waals surface area contributed by atoms with Crippen molar-refractivity contribution in [2.45, 2.75) is 45.2 Å². The van der Waals surface area contributed by atoms with Crippen LogP contribution in [0.2, 0.25) is 0 Å². The molecule has 0 bridgehead atoms. The maximum atomic E-state index is 14.2. The number of ether oxygens (including phenoxy) is 2. The normalized spacial score (nSPS) is 15.9. The first-order chi connectivity index (χ1) is 19.1. The molecule has 0 spiro atoms. The van der Waals surface area contributed by atoms with Gasteiger partial charge in [-0.15, -0.1) is 11.3 Å². The zero-order valence-corrected chi connectivity index (χ0v) is 22.9. The number of thiophene rings is 1. The lowest BCUT2D eigenvalue weighted by Crippen LogP contribution is -2.38. The van der Waals surface area contributed by atoms with E-state index in [1.807, 2.05) is 41.4 Å². The van der Waals surface area contributed by atoms with Crippen LogP contribution in [0.4, 0.5) is 10.5 Å². The van der Waals surface area contributed by atoms with Gasteiger partial charge in [0.15, 0.2) is 0 Å². The van der Waals surface area contributed by atoms with Crippen LogP contribution in [0, 0.1) is 0 Å². The second kappa shape index (κ2) is 10.6. The number of anilines is 1. The number of rotatable bonds is 5. The summed E-state index contributed by atoms with van der Waals surface area (Å²) in [6.45, 7) is 3.01. The summed E-state index contributed by atoms with van der Waals surface area (Å²) in [6.07, 6.45) is 6.62. The molecule has 0 saturated heterocycles. The van der Waals surface area contributed by atoms with E-state index < -0.39 is 5.97 Å². The Morgan fingerprint density at radius 1 is 1.03 bits per heavy atom. The minimum Gasteiger partial charge on any atom is -0.494 e. The van der Waals surface area contributed by atoms with Crippen LogP contribution in [0.3, 0.4) is 0 Å². The molecule has 2 amide bonds. The molecule has 2 aromatic heterocycles. The second-order valence-electron chi connectivity index (χ2n) is 9.84. The van der Waals surface area contributed by atoms with E-state index in [9.17, 15) is 9.59 Å². The minimum absolute atomic E-state index is 0.236. The summed E-state index contributed by atoms with van der Waals surface area (Å²) in [5.41, 5.74) is 5.55. The van der Waals surface area contributed by atoms with Gasteiger partial charge in [0.2, 0.25) is 0 Å². The Labute approximate surface area is 232 Å². The Balaban J connectivity index is 1.46. The number of aromatic nitrogens is 1. The quantitative estimate of drug-likeness (QED) is 0.284. The van der Waals surface area contributed by atoms with Gasteiger partial charge in [0.25, 0.3) is 0 Å². The summed E-state index contributed by atoms with van der Waals surface area (Å²) in [4.78, 5) is 29.6. The molecule has 0 radical (unpaired) electrons. The van der Waals surface area contributed by atoms with Crippen LogP contribution < -0.4 is 10.1 Å². The molecule has 2 aliphatic rings. The molecule has 0 saturated carbocycles. The van der Waals surface area contributed by atoms with E-state index in [0.29, 0.717) is 24.4 Å². The summed E-state index contributed by atoms with van der Waals surface area (Å²) < 4.78 is 13.0. The smallest absolute Gasteiger partial charge is 0.337 e. The molecule has 7 nitrogen and oxygen atoms in total. The molecule has 3 heterocycles. The molecular weight excluding hydrogens is 510 g/mol. The average molecular weight is 542 g/mol. The van der Waals surface area contributed by atoms with Gasteiger partial charge < -0.3 is 24.3 Å². The molecular formula is C31H31N3O4S. The van der Waals surface area contributed by atoms with Gasteiger partial charge in [-0.25, -0.2) is 9.59 Å². The molecule has 200 valence electrons. The highest BCUT2D eigenvalue weighted by atomic mass is 32.1. The molecule has 1 atom stereocenters. The molecule has 6 rings (SSSR count). The SMILES string of the molecule is CCOc1cccc(C2c3cccn3-c3sc4c(c3CN2C(=O)Nc2cccc(C(=O)OC)c2)CCCC4)c1. The number of amides is 2. The Bertz CT molecular complexity index is 1540. The number of carbonyl (C=O) groups excluding carboxylic acids is 2. The van der Waals surface area contributed by atoms with Crippen molar-refractivity contribution in [2.24, 2.45) is 0 Å². The van der Waals surface area contributed by atoms with E-state index in [1.54, 1.807) is 24.3 Å². The number of benzene rings is 2. The number of urea groups is 1. The number of hydrogen-bond donors (Lipinski definition) is 1. The molecule has 8 heteroatoms. The zero-order chi connectivity index (χ0) is 26.9. The summed E-state index contributed by atoms with van der Waals surface area (Å²) in [5.74, 6) is 0.328. The Morgan fingerprint density at radius 3 is 2.72 bits per heavy atom. The van der Waals surface area contributed by atoms with E-state index in [-0.39, 0.29) is 12.1 Å². The summed E-state index contributed by atoms with van der Waals surface area (Å²) in [7, 11) is 1.35. The van der Waals surface area contributed by atoms with Crippen LogP contribution in [-0.4, -0.2) is 35.2 Å². The molecule has 2 aromatic carbocycles. The van der Waals surface area contributed by atoms with Crippen molar-refractivity contribution in [1.29, 1.82) is 0 Å². The van der Waals surface area contributed by atoms with Crippen LogP contribution in [0.25, 0.3) is 5.00 Å². The molecule has 39 heavy (non-hydrogen) atoms. The first-order valence-electron chi connectivity index (χ1n) is 13.4. The van der Waals surface area contributed by atoms with Crippen LogP contribution in [0.1, 0.15) is 63.4 Å². The molecule has 1 unspecified atom stereocenters. The Morgan fingerprint density at radius 2 is 1.87 bits per heavy atom. The first kappa shape index (κ1) is 25.2. The average Bonchev–Trinajstić information content (AvgIpc) is 3.55.